The molecule has 3 rings (SSSR count). The van der Waals surface area contributed by atoms with Gasteiger partial charge in [0.2, 0.25) is 0 Å². The molecule has 0 saturated carbocycles. The average molecular weight is 323 g/mol. The van der Waals surface area contributed by atoms with Crippen molar-refractivity contribution in [1.82, 2.24) is 4.98 Å². The highest BCUT2D eigenvalue weighted by Crippen LogP contribution is 2.37. The van der Waals surface area contributed by atoms with Gasteiger partial charge in [-0.25, -0.2) is 4.98 Å². The first-order valence-corrected chi connectivity index (χ1v) is 8.10. The lowest BCUT2D eigenvalue weighted by Crippen LogP contribution is -1.95. The van der Waals surface area contributed by atoms with E-state index in [0.29, 0.717) is 30.0 Å². The second-order valence-corrected chi connectivity index (χ2v) is 5.73. The Balaban J connectivity index is 2.11. The van der Waals surface area contributed by atoms with Gasteiger partial charge in [0.1, 0.15) is 0 Å². The Bertz CT molecular complexity index is 874. The Hall–Kier alpha value is -2.59. The summed E-state index contributed by atoms with van der Waals surface area (Å²) in [6.07, 6.45) is 0.633. The molecular formula is C20H21NO3. The number of fused-ring (bicyclic) bond motifs is 1. The summed E-state index contributed by atoms with van der Waals surface area (Å²) >= 11 is 0. The van der Waals surface area contributed by atoms with Crippen molar-refractivity contribution in [1.29, 1.82) is 0 Å². The van der Waals surface area contributed by atoms with Crippen molar-refractivity contribution < 1.29 is 14.9 Å². The van der Waals surface area contributed by atoms with Gasteiger partial charge in [0, 0.05) is 17.6 Å². The number of aromatic hydroxyl groups is 1. The fourth-order valence-electron chi connectivity index (χ4n) is 2.86. The van der Waals surface area contributed by atoms with Crippen LogP contribution in [0.15, 0.2) is 42.5 Å². The van der Waals surface area contributed by atoms with E-state index in [-0.39, 0.29) is 12.4 Å². The first-order chi connectivity index (χ1) is 11.6. The van der Waals surface area contributed by atoms with E-state index in [1.807, 2.05) is 44.2 Å². The van der Waals surface area contributed by atoms with E-state index in [1.54, 1.807) is 6.07 Å². The molecule has 0 unspecified atom stereocenters. The summed E-state index contributed by atoms with van der Waals surface area (Å²) in [5, 5.41) is 20.6. The van der Waals surface area contributed by atoms with Crippen LogP contribution in [0.25, 0.3) is 22.2 Å². The zero-order chi connectivity index (χ0) is 17.1. The molecule has 2 aromatic carbocycles. The number of pyridine rings is 1. The third-order valence-corrected chi connectivity index (χ3v) is 4.06. The Kier molecular flexibility index (Phi) is 4.67. The van der Waals surface area contributed by atoms with Crippen LogP contribution in [0.3, 0.4) is 0 Å². The summed E-state index contributed by atoms with van der Waals surface area (Å²) in [5.41, 5.74) is 4.41. The zero-order valence-electron chi connectivity index (χ0n) is 13.9. The van der Waals surface area contributed by atoms with Gasteiger partial charge in [0.25, 0.3) is 0 Å². The molecule has 3 aromatic rings. The number of rotatable bonds is 5. The first kappa shape index (κ1) is 16.3. The van der Waals surface area contributed by atoms with Crippen LogP contribution < -0.4 is 4.74 Å². The Morgan fingerprint density at radius 3 is 2.71 bits per heavy atom. The molecule has 0 aliphatic heterocycles. The molecule has 1 aromatic heterocycles. The SMILES string of the molecule is CCOc1cccc(-c2cc(C)c3cc(CCO)ccc3n2)c1O. The number of aryl methyl sites for hydroxylation is 1. The Morgan fingerprint density at radius 1 is 1.12 bits per heavy atom. The predicted octanol–water partition coefficient (Wildman–Crippen LogP) is 3.85. The molecule has 0 radical (unpaired) electrons. The monoisotopic (exact) mass is 323 g/mol. The summed E-state index contributed by atoms with van der Waals surface area (Å²) in [5.74, 6) is 0.579. The number of aromatic nitrogens is 1. The van der Waals surface area contributed by atoms with Gasteiger partial charge in [0.05, 0.1) is 17.8 Å². The maximum atomic E-state index is 10.5. The van der Waals surface area contributed by atoms with E-state index in [2.05, 4.69) is 6.07 Å². The molecule has 0 aliphatic rings. The van der Waals surface area contributed by atoms with Crippen LogP contribution in [0, 0.1) is 6.92 Å². The van der Waals surface area contributed by atoms with Gasteiger partial charge >= 0.3 is 0 Å². The van der Waals surface area contributed by atoms with E-state index in [9.17, 15) is 5.11 Å². The van der Waals surface area contributed by atoms with Crippen LogP contribution in [0.5, 0.6) is 11.5 Å². The van der Waals surface area contributed by atoms with Crippen molar-refractivity contribution in [3.05, 3.63) is 53.6 Å². The second-order valence-electron chi connectivity index (χ2n) is 5.73. The number of nitrogens with zero attached hydrogens (tertiary/aromatic N) is 1. The van der Waals surface area contributed by atoms with Crippen molar-refractivity contribution in [3.8, 4) is 22.8 Å². The van der Waals surface area contributed by atoms with Crippen LogP contribution in [-0.4, -0.2) is 28.4 Å². The third kappa shape index (κ3) is 3.05. The molecule has 4 nitrogen and oxygen atoms in total. The highest BCUT2D eigenvalue weighted by molar-refractivity contribution is 5.86. The summed E-state index contributed by atoms with van der Waals surface area (Å²) in [7, 11) is 0. The lowest BCUT2D eigenvalue weighted by molar-refractivity contribution is 0.299. The fraction of sp³-hybridized carbons (Fsp3) is 0.250. The molecule has 0 fully saturated rings. The molecule has 0 aliphatic carbocycles. The van der Waals surface area contributed by atoms with E-state index in [1.165, 1.54) is 0 Å². The highest BCUT2D eigenvalue weighted by Gasteiger charge is 2.13. The van der Waals surface area contributed by atoms with Crippen LogP contribution in [0.4, 0.5) is 0 Å². The third-order valence-electron chi connectivity index (χ3n) is 4.06. The molecule has 0 bridgehead atoms. The standard InChI is InChI=1S/C20H21NO3/c1-3-24-19-6-4-5-15(20(19)23)18-11-13(2)16-12-14(9-10-22)7-8-17(16)21-18/h4-8,11-12,22-23H,3,9-10H2,1-2H3. The Labute approximate surface area is 141 Å². The number of hydrogen-bond acceptors (Lipinski definition) is 4. The van der Waals surface area contributed by atoms with Gasteiger partial charge in [0.15, 0.2) is 11.5 Å². The van der Waals surface area contributed by atoms with Crippen LogP contribution in [0.2, 0.25) is 0 Å². The number of benzene rings is 2. The quantitative estimate of drug-likeness (QED) is 0.748. The first-order valence-electron chi connectivity index (χ1n) is 8.10. The Morgan fingerprint density at radius 2 is 1.96 bits per heavy atom. The van der Waals surface area contributed by atoms with E-state index >= 15 is 0 Å². The van der Waals surface area contributed by atoms with Gasteiger partial charge in [-0.05, 0) is 61.7 Å². The van der Waals surface area contributed by atoms with Gasteiger partial charge in [-0.1, -0.05) is 12.1 Å². The number of phenolic OH excluding ortho intramolecular Hbond substituents is 1. The van der Waals surface area contributed by atoms with Gasteiger partial charge < -0.3 is 14.9 Å². The maximum Gasteiger partial charge on any atom is 0.167 e. The number of para-hydroxylation sites is 1. The van der Waals surface area contributed by atoms with Crippen molar-refractivity contribution >= 4 is 10.9 Å². The minimum absolute atomic E-state index is 0.113. The summed E-state index contributed by atoms with van der Waals surface area (Å²) in [4.78, 5) is 4.69. The number of hydrogen-bond donors (Lipinski definition) is 2. The summed E-state index contributed by atoms with van der Waals surface area (Å²) in [6.45, 7) is 4.54. The number of phenols is 1. The molecule has 0 atom stereocenters. The number of ether oxygens (including phenoxy) is 1. The van der Waals surface area contributed by atoms with E-state index < -0.39 is 0 Å². The highest BCUT2D eigenvalue weighted by atomic mass is 16.5. The molecule has 24 heavy (non-hydrogen) atoms. The predicted molar refractivity (Wildman–Crippen MR) is 95.5 cm³/mol. The molecule has 1 heterocycles. The largest absolute Gasteiger partial charge is 0.504 e. The van der Waals surface area contributed by atoms with Crippen molar-refractivity contribution in [2.24, 2.45) is 0 Å². The fourth-order valence-corrected chi connectivity index (χ4v) is 2.86. The minimum Gasteiger partial charge on any atom is -0.504 e. The molecule has 0 spiro atoms. The lowest BCUT2D eigenvalue weighted by atomic mass is 10.0. The topological polar surface area (TPSA) is 62.6 Å². The van der Waals surface area contributed by atoms with E-state index in [0.717, 1.165) is 22.0 Å². The molecule has 0 saturated heterocycles. The lowest BCUT2D eigenvalue weighted by Gasteiger charge is -2.12. The van der Waals surface area contributed by atoms with Gasteiger partial charge in [-0.3, -0.25) is 0 Å². The van der Waals surface area contributed by atoms with Crippen molar-refractivity contribution in [2.75, 3.05) is 13.2 Å². The normalized spacial score (nSPS) is 11.0. The average Bonchev–Trinajstić information content (AvgIpc) is 2.57. The maximum absolute atomic E-state index is 10.5. The smallest absolute Gasteiger partial charge is 0.167 e. The van der Waals surface area contributed by atoms with Gasteiger partial charge in [-0.2, -0.15) is 0 Å². The van der Waals surface area contributed by atoms with E-state index in [4.69, 9.17) is 14.8 Å². The zero-order valence-corrected chi connectivity index (χ0v) is 13.9. The molecular weight excluding hydrogens is 302 g/mol. The second kappa shape index (κ2) is 6.89. The van der Waals surface area contributed by atoms with Crippen molar-refractivity contribution in [3.63, 3.8) is 0 Å². The molecule has 124 valence electrons. The van der Waals surface area contributed by atoms with Gasteiger partial charge in [-0.15, -0.1) is 0 Å². The summed E-state index contributed by atoms with van der Waals surface area (Å²) in [6, 6.07) is 13.4. The molecule has 4 heteroatoms. The number of aliphatic hydroxyl groups is 1. The van der Waals surface area contributed by atoms with Crippen LogP contribution in [-0.2, 0) is 6.42 Å². The minimum atomic E-state index is 0.113. The summed E-state index contributed by atoms with van der Waals surface area (Å²) < 4.78 is 5.46. The van der Waals surface area contributed by atoms with Crippen molar-refractivity contribution in [2.45, 2.75) is 20.3 Å². The molecule has 0 amide bonds. The number of aliphatic hydroxyl groups excluding tert-OH is 1. The van der Waals surface area contributed by atoms with Crippen LogP contribution >= 0.6 is 0 Å². The van der Waals surface area contributed by atoms with Crippen LogP contribution in [0.1, 0.15) is 18.1 Å². The molecule has 2 N–H and O–H groups in total.